The van der Waals surface area contributed by atoms with Crippen molar-refractivity contribution in [2.45, 2.75) is 56.2 Å². The molecule has 3 aromatic rings. The molecule has 2 atom stereocenters. The van der Waals surface area contributed by atoms with E-state index in [-0.39, 0.29) is 23.4 Å². The van der Waals surface area contributed by atoms with Crippen LogP contribution < -0.4 is 16.0 Å². The number of halogens is 3. The monoisotopic (exact) mass is 605 g/mol. The molecule has 0 saturated carbocycles. The Morgan fingerprint density at radius 1 is 0.952 bits per heavy atom. The molecule has 2 amide bonds. The third-order valence-electron chi connectivity index (χ3n) is 6.68. The summed E-state index contributed by atoms with van der Waals surface area (Å²) in [6.45, 7) is 2.21. The van der Waals surface area contributed by atoms with E-state index in [9.17, 15) is 31.9 Å². The molecule has 0 heterocycles. The van der Waals surface area contributed by atoms with Crippen LogP contribution in [-0.4, -0.2) is 50.3 Å². The van der Waals surface area contributed by atoms with Gasteiger partial charge in [0.15, 0.2) is 9.84 Å². The van der Waals surface area contributed by atoms with Crippen molar-refractivity contribution in [2.24, 2.45) is 5.73 Å². The molecule has 0 aromatic heterocycles. The molecular weight excluding hydrogens is 571 g/mol. The van der Waals surface area contributed by atoms with Crippen molar-refractivity contribution >= 4 is 27.3 Å². The highest BCUT2D eigenvalue weighted by atomic mass is 32.2. The predicted octanol–water partition coefficient (Wildman–Crippen LogP) is 3.43. The number of hydrogen-bond acceptors (Lipinski definition) is 6. The van der Waals surface area contributed by atoms with Crippen molar-refractivity contribution in [3.63, 3.8) is 0 Å². The highest BCUT2D eigenvalue weighted by Gasteiger charge is 2.34. The second-order valence-electron chi connectivity index (χ2n) is 10.0. The summed E-state index contributed by atoms with van der Waals surface area (Å²) in [5.41, 5.74) is 6.82. The molecule has 226 valence electrons. The number of sulfone groups is 1. The molecule has 3 aromatic carbocycles. The number of aryl methyl sites for hydroxylation is 1. The second kappa shape index (κ2) is 14.4. The summed E-state index contributed by atoms with van der Waals surface area (Å²) in [5.74, 6) is -4.45. The first-order valence-corrected chi connectivity index (χ1v) is 15.2. The van der Waals surface area contributed by atoms with Crippen LogP contribution in [0, 0.1) is 17.5 Å². The summed E-state index contributed by atoms with van der Waals surface area (Å²) >= 11 is 0. The predicted molar refractivity (Wildman–Crippen MR) is 153 cm³/mol. The van der Waals surface area contributed by atoms with Crippen molar-refractivity contribution in [2.75, 3.05) is 17.7 Å². The smallest absolute Gasteiger partial charge is 0.227 e. The summed E-state index contributed by atoms with van der Waals surface area (Å²) in [6, 6.07) is 11.9. The zero-order chi connectivity index (χ0) is 31.0. The van der Waals surface area contributed by atoms with Crippen LogP contribution in [0.2, 0.25) is 0 Å². The van der Waals surface area contributed by atoms with Gasteiger partial charge in [-0.05, 0) is 59.9 Å². The first kappa shape index (κ1) is 32.8. The van der Waals surface area contributed by atoms with Gasteiger partial charge >= 0.3 is 0 Å². The van der Waals surface area contributed by atoms with E-state index >= 15 is 4.39 Å². The number of aliphatic hydroxyl groups is 1. The number of benzene rings is 3. The number of nitrogens with one attached hydrogen (secondary N) is 1. The Kier molecular flexibility index (Phi) is 11.3. The van der Waals surface area contributed by atoms with Gasteiger partial charge in [0.2, 0.25) is 11.8 Å². The second-order valence-corrected chi connectivity index (χ2v) is 12.1. The number of hydrogen-bond donors (Lipinski definition) is 3. The zero-order valence-corrected chi connectivity index (χ0v) is 24.1. The molecule has 3 rings (SSSR count). The number of nitrogens with two attached hydrogens (primary N) is 1. The number of carbonyl (C=O) groups excluding carboxylic acids is 2. The molecule has 0 aliphatic carbocycles. The molecule has 0 spiro atoms. The van der Waals surface area contributed by atoms with Crippen LogP contribution in [-0.2, 0) is 38.8 Å². The number of amides is 2. The van der Waals surface area contributed by atoms with Gasteiger partial charge in [-0.15, -0.1) is 0 Å². The van der Waals surface area contributed by atoms with Gasteiger partial charge in [-0.3, -0.25) is 9.59 Å². The van der Waals surface area contributed by atoms with Gasteiger partial charge in [0.1, 0.15) is 17.5 Å². The van der Waals surface area contributed by atoms with Crippen molar-refractivity contribution in [1.29, 1.82) is 0 Å². The van der Waals surface area contributed by atoms with Gasteiger partial charge in [-0.1, -0.05) is 31.2 Å². The van der Waals surface area contributed by atoms with Crippen LogP contribution in [0.3, 0.4) is 0 Å². The average Bonchev–Trinajstić information content (AvgIpc) is 2.91. The summed E-state index contributed by atoms with van der Waals surface area (Å²) in [5, 5.41) is 14.5. The molecule has 0 fully saturated rings. The molecule has 8 nitrogen and oxygen atoms in total. The van der Waals surface area contributed by atoms with E-state index in [0.29, 0.717) is 12.6 Å². The van der Waals surface area contributed by atoms with E-state index in [1.807, 2.05) is 31.2 Å². The van der Waals surface area contributed by atoms with E-state index < -0.39 is 69.8 Å². The molecule has 12 heteroatoms. The van der Waals surface area contributed by atoms with E-state index in [1.54, 1.807) is 0 Å². The molecule has 42 heavy (non-hydrogen) atoms. The Morgan fingerprint density at radius 2 is 1.62 bits per heavy atom. The maximum absolute atomic E-state index is 15.3. The Bertz CT molecular complexity index is 1510. The molecule has 0 saturated heterocycles. The molecule has 0 bridgehead atoms. The highest BCUT2D eigenvalue weighted by Crippen LogP contribution is 2.29. The van der Waals surface area contributed by atoms with Gasteiger partial charge in [-0.2, -0.15) is 0 Å². The number of aliphatic hydroxyl groups excluding tert-OH is 1. The van der Waals surface area contributed by atoms with E-state index in [1.165, 1.54) is 0 Å². The molecule has 0 aliphatic heterocycles. The largest absolute Gasteiger partial charge is 0.390 e. The first-order chi connectivity index (χ1) is 19.8. The van der Waals surface area contributed by atoms with Crippen molar-refractivity contribution in [3.8, 4) is 0 Å². The molecular formula is C30H34F3N3O5S. The SMILES string of the molecule is CCc1cccc(CNC[C@@H](O)[C@H](Cc2cc(F)cc(F)c2)N(C(=O)CCC(N)=O)c2cc(S(C)(=O)=O)ccc2F)c1. The van der Waals surface area contributed by atoms with Crippen molar-refractivity contribution < 1.29 is 36.3 Å². The Labute approximate surface area is 243 Å². The van der Waals surface area contributed by atoms with E-state index in [4.69, 9.17) is 5.73 Å². The maximum atomic E-state index is 15.3. The fourth-order valence-corrected chi connectivity index (χ4v) is 5.23. The quantitative estimate of drug-likeness (QED) is 0.242. The molecule has 4 N–H and O–H groups in total. The number of anilines is 1. The first-order valence-electron chi connectivity index (χ1n) is 13.3. The van der Waals surface area contributed by atoms with Crippen molar-refractivity contribution in [3.05, 3.63) is 94.8 Å². The number of rotatable bonds is 14. The molecule has 0 radical (unpaired) electrons. The third kappa shape index (κ3) is 9.13. The average molecular weight is 606 g/mol. The minimum absolute atomic E-state index is 0.0552. The summed E-state index contributed by atoms with van der Waals surface area (Å²) in [6.07, 6.45) is -0.953. The van der Waals surface area contributed by atoms with Crippen LogP contribution in [0.25, 0.3) is 0 Å². The zero-order valence-electron chi connectivity index (χ0n) is 23.3. The normalized spacial score (nSPS) is 13.0. The number of nitrogens with zero attached hydrogens (tertiary/aromatic N) is 1. The van der Waals surface area contributed by atoms with Crippen LogP contribution >= 0.6 is 0 Å². The minimum Gasteiger partial charge on any atom is -0.390 e. The van der Waals surface area contributed by atoms with Gasteiger partial charge in [0.25, 0.3) is 0 Å². The highest BCUT2D eigenvalue weighted by molar-refractivity contribution is 7.90. The van der Waals surface area contributed by atoms with Crippen LogP contribution in [0.15, 0.2) is 65.6 Å². The Balaban J connectivity index is 2.06. The lowest BCUT2D eigenvalue weighted by atomic mass is 9.97. The van der Waals surface area contributed by atoms with E-state index in [0.717, 1.165) is 59.0 Å². The van der Waals surface area contributed by atoms with Crippen LogP contribution in [0.5, 0.6) is 0 Å². The fraction of sp³-hybridized carbons (Fsp3) is 0.333. The Hall–Kier alpha value is -3.74. The minimum atomic E-state index is -3.85. The lowest BCUT2D eigenvalue weighted by Gasteiger charge is -2.36. The lowest BCUT2D eigenvalue weighted by molar-refractivity contribution is -0.124. The van der Waals surface area contributed by atoms with Gasteiger partial charge in [0, 0.05) is 38.3 Å². The van der Waals surface area contributed by atoms with Gasteiger partial charge < -0.3 is 21.1 Å². The van der Waals surface area contributed by atoms with Crippen molar-refractivity contribution in [1.82, 2.24) is 5.32 Å². The molecule has 0 unspecified atom stereocenters. The topological polar surface area (TPSA) is 130 Å². The summed E-state index contributed by atoms with van der Waals surface area (Å²) < 4.78 is 68.0. The molecule has 0 aliphatic rings. The van der Waals surface area contributed by atoms with Crippen LogP contribution in [0.4, 0.5) is 18.9 Å². The summed E-state index contributed by atoms with van der Waals surface area (Å²) in [4.78, 5) is 25.5. The lowest BCUT2D eigenvalue weighted by Crippen LogP contribution is -2.52. The number of carbonyl (C=O) groups is 2. The van der Waals surface area contributed by atoms with Gasteiger partial charge in [0.05, 0.1) is 22.7 Å². The number of primary amides is 1. The summed E-state index contributed by atoms with van der Waals surface area (Å²) in [7, 11) is -3.85. The maximum Gasteiger partial charge on any atom is 0.227 e. The van der Waals surface area contributed by atoms with E-state index in [2.05, 4.69) is 5.32 Å². The third-order valence-corrected chi connectivity index (χ3v) is 7.79. The fourth-order valence-electron chi connectivity index (χ4n) is 4.59. The standard InChI is InChI=1S/C30H34F3N3O5S/c1-3-19-5-4-6-20(11-19)17-35-18-28(37)27(14-21-12-22(31)15-23(32)13-21)36(30(39)10-9-29(34)38)26-16-24(42(2,40)41)7-8-25(26)33/h4-8,11-13,15-16,27-28,35,37H,3,9-10,14,17-18H2,1-2H3,(H2,34,38)/t27-,28+/m0/s1. The Morgan fingerprint density at radius 3 is 2.24 bits per heavy atom. The van der Waals surface area contributed by atoms with Gasteiger partial charge in [-0.25, -0.2) is 21.6 Å². The van der Waals surface area contributed by atoms with Crippen LogP contribution in [0.1, 0.15) is 36.5 Å².